The predicted octanol–water partition coefficient (Wildman–Crippen LogP) is 4.26. The van der Waals surface area contributed by atoms with Crippen molar-refractivity contribution < 1.29 is 23.2 Å². The van der Waals surface area contributed by atoms with E-state index in [-0.39, 0.29) is 18.6 Å². The van der Waals surface area contributed by atoms with Crippen molar-refractivity contribution in [3.05, 3.63) is 18.7 Å². The first-order valence-corrected chi connectivity index (χ1v) is 9.96. The average Bonchev–Trinajstić information content (AvgIpc) is 2.93. The number of carbonyl (C=O) groups excluding carboxylic acids is 3. The summed E-state index contributed by atoms with van der Waals surface area (Å²) in [7, 11) is 0. The second-order valence-corrected chi connectivity index (χ2v) is 9.46. The first-order chi connectivity index (χ1) is 11.6. The van der Waals surface area contributed by atoms with E-state index in [1.165, 1.54) is 11.3 Å². The molecule has 10 heteroatoms. The van der Waals surface area contributed by atoms with Crippen LogP contribution in [0.1, 0.15) is 40.9 Å². The molecule has 2 heterocycles. The van der Waals surface area contributed by atoms with Crippen LogP contribution in [0, 0.1) is 6.92 Å². The highest BCUT2D eigenvalue weighted by Gasteiger charge is 2.55. The molecule has 0 atom stereocenters. The monoisotopic (exact) mass is 498 g/mol. The Bertz CT molecular complexity index is 771. The Hall–Kier alpha value is -0.870. The van der Waals surface area contributed by atoms with E-state index >= 15 is 0 Å². The van der Waals surface area contributed by atoms with Crippen molar-refractivity contribution in [1.82, 2.24) is 10.2 Å². The summed E-state index contributed by atoms with van der Waals surface area (Å²) in [5.41, 5.74) is -0.578. The Morgan fingerprint density at radius 1 is 1.24 bits per heavy atom. The summed E-state index contributed by atoms with van der Waals surface area (Å²) in [5.74, 6) is -3.77. The largest absolute Gasteiger partial charge is 0.325 e. The van der Waals surface area contributed by atoms with Crippen LogP contribution in [0.4, 0.5) is 13.6 Å². The fraction of sp³-hybridized carbons (Fsp3) is 0.533. The van der Waals surface area contributed by atoms with E-state index in [2.05, 4.69) is 37.2 Å². The highest BCUT2D eigenvalue weighted by Crippen LogP contribution is 2.42. The fourth-order valence-electron chi connectivity index (χ4n) is 3.14. The number of hydrogen-bond acceptors (Lipinski definition) is 4. The van der Waals surface area contributed by atoms with E-state index in [1.54, 1.807) is 6.92 Å². The van der Waals surface area contributed by atoms with Crippen molar-refractivity contribution in [2.75, 3.05) is 6.54 Å². The molecule has 0 aromatic carbocycles. The van der Waals surface area contributed by atoms with Gasteiger partial charge in [0.15, 0.2) is 5.78 Å². The maximum absolute atomic E-state index is 13.4. The first kappa shape index (κ1) is 18.9. The summed E-state index contributed by atoms with van der Waals surface area (Å²) >= 11 is 7.89. The molecule has 1 saturated carbocycles. The number of rotatable bonds is 3. The fourth-order valence-corrected chi connectivity index (χ4v) is 5.35. The number of nitrogens with one attached hydrogen (secondary N) is 1. The van der Waals surface area contributed by atoms with Crippen molar-refractivity contribution in [3.8, 4) is 0 Å². The molecular formula is C15H14Br2F2N2O3S. The molecule has 1 N–H and O–H groups in total. The number of urea groups is 1. The molecule has 3 amide bonds. The molecule has 2 aliphatic rings. The Labute approximate surface area is 163 Å². The molecule has 1 spiro atoms. The molecular weight excluding hydrogens is 486 g/mol. The number of halogens is 4. The van der Waals surface area contributed by atoms with Gasteiger partial charge in [0, 0.05) is 17.3 Å². The molecule has 0 unspecified atom stereocenters. The summed E-state index contributed by atoms with van der Waals surface area (Å²) < 4.78 is 28.3. The summed E-state index contributed by atoms with van der Waals surface area (Å²) in [6.07, 6.45) is -1.15. The average molecular weight is 500 g/mol. The third kappa shape index (κ3) is 3.28. The van der Waals surface area contributed by atoms with Crippen molar-refractivity contribution in [2.45, 2.75) is 44.1 Å². The first-order valence-electron chi connectivity index (χ1n) is 7.56. The van der Waals surface area contributed by atoms with E-state index in [9.17, 15) is 23.2 Å². The van der Waals surface area contributed by atoms with E-state index in [0.717, 1.165) is 18.7 Å². The smallest absolute Gasteiger partial charge is 0.323 e. The standard InChI is InChI=1S/C15H14Br2F2N2O3S/c1-7-9(16)11(17)25-10(7)8(22)6-21-12(23)14(20-13(21)24)2-4-15(18,19)5-3-14/h2-6H2,1H3,(H,20,24). The van der Waals surface area contributed by atoms with Gasteiger partial charge in [-0.15, -0.1) is 11.3 Å². The minimum Gasteiger partial charge on any atom is -0.323 e. The van der Waals surface area contributed by atoms with Gasteiger partial charge in [-0.1, -0.05) is 0 Å². The third-order valence-electron chi connectivity index (χ3n) is 4.67. The topological polar surface area (TPSA) is 66.5 Å². The minimum atomic E-state index is -2.81. The van der Waals surface area contributed by atoms with Gasteiger partial charge in [0.05, 0.1) is 15.2 Å². The maximum Gasteiger partial charge on any atom is 0.325 e. The van der Waals surface area contributed by atoms with Crippen molar-refractivity contribution >= 4 is 60.9 Å². The number of ketones is 1. The van der Waals surface area contributed by atoms with E-state index < -0.39 is 42.8 Å². The Kier molecular flexibility index (Phi) is 4.83. The van der Waals surface area contributed by atoms with Gasteiger partial charge in [-0.2, -0.15) is 0 Å². The molecule has 5 nitrogen and oxygen atoms in total. The van der Waals surface area contributed by atoms with Crippen LogP contribution in [0.5, 0.6) is 0 Å². The number of Topliss-reactive ketones (excluding diaryl/α,β-unsaturated/α-hetero) is 1. The number of nitrogens with zero attached hydrogens (tertiary/aromatic N) is 1. The normalized spacial score (nSPS) is 21.7. The van der Waals surface area contributed by atoms with Crippen LogP contribution in [-0.2, 0) is 4.79 Å². The lowest BCUT2D eigenvalue weighted by atomic mass is 9.80. The molecule has 3 rings (SSSR count). The van der Waals surface area contributed by atoms with Crippen molar-refractivity contribution in [1.29, 1.82) is 0 Å². The molecule has 2 fully saturated rings. The number of carbonyl (C=O) groups is 3. The molecule has 1 aromatic heterocycles. The molecule has 1 saturated heterocycles. The number of hydrogen-bond donors (Lipinski definition) is 1. The van der Waals surface area contributed by atoms with Gasteiger partial charge in [-0.3, -0.25) is 14.5 Å². The second-order valence-electron chi connectivity index (χ2n) is 6.33. The van der Waals surface area contributed by atoms with Gasteiger partial charge in [0.2, 0.25) is 5.92 Å². The van der Waals surface area contributed by atoms with Crippen LogP contribution in [0.15, 0.2) is 8.26 Å². The Morgan fingerprint density at radius 2 is 1.84 bits per heavy atom. The summed E-state index contributed by atoms with van der Waals surface area (Å²) in [6.45, 7) is 1.36. The molecule has 1 aliphatic heterocycles. The van der Waals surface area contributed by atoms with Gasteiger partial charge in [0.25, 0.3) is 5.91 Å². The highest BCUT2D eigenvalue weighted by atomic mass is 79.9. The minimum absolute atomic E-state index is 0.121. The second kappa shape index (κ2) is 6.38. The van der Waals surface area contributed by atoms with Crippen molar-refractivity contribution in [2.24, 2.45) is 0 Å². The van der Waals surface area contributed by atoms with Gasteiger partial charge in [-0.05, 0) is 57.2 Å². The molecule has 0 bridgehead atoms. The number of thiophene rings is 1. The van der Waals surface area contributed by atoms with Crippen LogP contribution in [0.2, 0.25) is 0 Å². The van der Waals surface area contributed by atoms with Crippen LogP contribution in [0.25, 0.3) is 0 Å². The molecule has 1 aliphatic carbocycles. The van der Waals surface area contributed by atoms with Crippen LogP contribution >= 0.6 is 43.2 Å². The molecule has 25 heavy (non-hydrogen) atoms. The zero-order valence-electron chi connectivity index (χ0n) is 13.1. The lowest BCUT2D eigenvalue weighted by molar-refractivity contribution is -0.135. The molecule has 0 radical (unpaired) electrons. The quantitative estimate of drug-likeness (QED) is 0.499. The summed E-state index contributed by atoms with van der Waals surface area (Å²) in [6, 6.07) is -0.698. The highest BCUT2D eigenvalue weighted by molar-refractivity contribution is 9.13. The van der Waals surface area contributed by atoms with E-state index in [4.69, 9.17) is 0 Å². The summed E-state index contributed by atoms with van der Waals surface area (Å²) in [4.78, 5) is 38.6. The van der Waals surface area contributed by atoms with Crippen LogP contribution < -0.4 is 5.32 Å². The zero-order chi connectivity index (χ0) is 18.6. The van der Waals surface area contributed by atoms with Gasteiger partial charge >= 0.3 is 6.03 Å². The number of imide groups is 1. The number of amides is 3. The maximum atomic E-state index is 13.4. The van der Waals surface area contributed by atoms with Crippen molar-refractivity contribution in [3.63, 3.8) is 0 Å². The third-order valence-corrected chi connectivity index (χ3v) is 8.46. The predicted molar refractivity (Wildman–Crippen MR) is 95.2 cm³/mol. The van der Waals surface area contributed by atoms with E-state index in [1.807, 2.05) is 0 Å². The Balaban J connectivity index is 1.77. The van der Waals surface area contributed by atoms with Crippen LogP contribution in [0.3, 0.4) is 0 Å². The molecule has 136 valence electrons. The summed E-state index contributed by atoms with van der Waals surface area (Å²) in [5, 5.41) is 2.53. The lowest BCUT2D eigenvalue weighted by Crippen LogP contribution is -2.51. The van der Waals surface area contributed by atoms with Gasteiger partial charge in [-0.25, -0.2) is 13.6 Å². The van der Waals surface area contributed by atoms with Gasteiger partial charge in [0.1, 0.15) is 5.54 Å². The molecule has 1 aromatic rings. The lowest BCUT2D eigenvalue weighted by Gasteiger charge is -2.34. The Morgan fingerprint density at radius 3 is 2.36 bits per heavy atom. The van der Waals surface area contributed by atoms with Gasteiger partial charge < -0.3 is 5.32 Å². The van der Waals surface area contributed by atoms with Crippen LogP contribution in [-0.4, -0.2) is 40.6 Å². The van der Waals surface area contributed by atoms with E-state index in [0.29, 0.717) is 4.88 Å². The zero-order valence-corrected chi connectivity index (χ0v) is 17.1. The SMILES string of the molecule is Cc1c(C(=O)CN2C(=O)NC3(CCC(F)(F)CC3)C2=O)sc(Br)c1Br. The number of alkyl halides is 2.